The van der Waals surface area contributed by atoms with Crippen molar-refractivity contribution in [3.05, 3.63) is 95.0 Å². The number of aromatic hydroxyl groups is 1. The summed E-state index contributed by atoms with van der Waals surface area (Å²) in [6.45, 7) is 2.19. The van der Waals surface area contributed by atoms with Gasteiger partial charge in [-0.25, -0.2) is 4.79 Å². The van der Waals surface area contributed by atoms with Crippen molar-refractivity contribution in [2.75, 3.05) is 23.0 Å². The standard InChI is InChI=1S/C28H30BrN3O5/c1-2-36-25(14-8-9-15-26(34)32-23-13-7-6-12-22(23)30)27(21-18-19(29)16-17-24(21)33)37-28(35)31-20-10-4-3-5-11-20/h3-7,9-13,15-18,25,27,33H,2,8,14,30H2,1H3,(H,31,35)(H,32,34)/b15-9+/t25-,27-/m0/s1. The summed E-state index contributed by atoms with van der Waals surface area (Å²) in [5.41, 5.74) is 7.86. The van der Waals surface area contributed by atoms with E-state index in [-0.39, 0.29) is 11.7 Å². The second kappa shape index (κ2) is 14.1. The van der Waals surface area contributed by atoms with Crippen molar-refractivity contribution in [3.63, 3.8) is 0 Å². The van der Waals surface area contributed by atoms with Crippen molar-refractivity contribution < 1.29 is 24.2 Å². The van der Waals surface area contributed by atoms with Gasteiger partial charge in [0, 0.05) is 22.3 Å². The summed E-state index contributed by atoms with van der Waals surface area (Å²) in [5.74, 6) is -0.341. The van der Waals surface area contributed by atoms with Crippen LogP contribution in [0.15, 0.2) is 89.4 Å². The summed E-state index contributed by atoms with van der Waals surface area (Å²) in [6.07, 6.45) is 1.82. The molecule has 3 aromatic rings. The van der Waals surface area contributed by atoms with Gasteiger partial charge in [-0.1, -0.05) is 52.3 Å². The minimum atomic E-state index is -0.910. The summed E-state index contributed by atoms with van der Waals surface area (Å²) in [7, 11) is 0. The third kappa shape index (κ3) is 8.66. The van der Waals surface area contributed by atoms with Gasteiger partial charge in [0.1, 0.15) is 5.75 Å². The number of nitrogens with one attached hydrogen (secondary N) is 2. The number of amides is 2. The number of allylic oxidation sites excluding steroid dienone is 1. The molecule has 0 aliphatic heterocycles. The first-order valence-corrected chi connectivity index (χ1v) is 12.6. The molecule has 0 saturated carbocycles. The van der Waals surface area contributed by atoms with Crippen molar-refractivity contribution in [2.24, 2.45) is 0 Å². The number of anilines is 3. The van der Waals surface area contributed by atoms with Gasteiger partial charge in [-0.2, -0.15) is 0 Å². The molecule has 194 valence electrons. The molecule has 3 aromatic carbocycles. The number of nitrogens with two attached hydrogens (primary N) is 1. The molecule has 9 heteroatoms. The van der Waals surface area contributed by atoms with E-state index in [9.17, 15) is 14.7 Å². The molecule has 3 rings (SSSR count). The highest BCUT2D eigenvalue weighted by Crippen LogP contribution is 2.35. The number of rotatable bonds is 11. The molecular formula is C28H30BrN3O5. The van der Waals surface area contributed by atoms with E-state index in [1.165, 1.54) is 12.1 Å². The van der Waals surface area contributed by atoms with E-state index in [1.54, 1.807) is 66.7 Å². The van der Waals surface area contributed by atoms with Crippen LogP contribution >= 0.6 is 15.9 Å². The van der Waals surface area contributed by atoms with Crippen LogP contribution in [0.4, 0.5) is 21.9 Å². The molecule has 0 radical (unpaired) electrons. The Labute approximate surface area is 224 Å². The van der Waals surface area contributed by atoms with Gasteiger partial charge in [-0.15, -0.1) is 0 Å². The van der Waals surface area contributed by atoms with Gasteiger partial charge in [0.05, 0.1) is 17.5 Å². The first kappa shape index (κ1) is 27.8. The van der Waals surface area contributed by atoms with E-state index in [2.05, 4.69) is 26.6 Å². The number of nitrogen functional groups attached to an aromatic ring is 1. The lowest BCUT2D eigenvalue weighted by molar-refractivity contribution is -0.111. The fourth-order valence-electron chi connectivity index (χ4n) is 3.65. The van der Waals surface area contributed by atoms with Crippen LogP contribution in [-0.4, -0.2) is 29.8 Å². The van der Waals surface area contributed by atoms with E-state index in [0.29, 0.717) is 46.5 Å². The van der Waals surface area contributed by atoms with Gasteiger partial charge >= 0.3 is 6.09 Å². The van der Waals surface area contributed by atoms with Crippen molar-refractivity contribution in [2.45, 2.75) is 32.0 Å². The zero-order chi connectivity index (χ0) is 26.6. The van der Waals surface area contributed by atoms with Gasteiger partial charge in [-0.05, 0) is 68.3 Å². The molecule has 37 heavy (non-hydrogen) atoms. The third-order valence-corrected chi connectivity index (χ3v) is 5.87. The van der Waals surface area contributed by atoms with Gasteiger partial charge in [-0.3, -0.25) is 10.1 Å². The average Bonchev–Trinajstić information content (AvgIpc) is 2.88. The molecule has 0 fully saturated rings. The van der Waals surface area contributed by atoms with Crippen molar-refractivity contribution in [1.29, 1.82) is 0 Å². The summed E-state index contributed by atoms with van der Waals surface area (Å²) in [4.78, 5) is 25.1. The van der Waals surface area contributed by atoms with Crippen LogP contribution in [0.3, 0.4) is 0 Å². The van der Waals surface area contributed by atoms with Crippen LogP contribution in [-0.2, 0) is 14.3 Å². The largest absolute Gasteiger partial charge is 0.508 e. The van der Waals surface area contributed by atoms with Crippen LogP contribution in [0.25, 0.3) is 0 Å². The fraction of sp³-hybridized carbons (Fsp3) is 0.214. The number of carbonyl (C=O) groups excluding carboxylic acids is 2. The highest BCUT2D eigenvalue weighted by Gasteiger charge is 2.30. The minimum Gasteiger partial charge on any atom is -0.508 e. The van der Waals surface area contributed by atoms with Gasteiger partial charge in [0.15, 0.2) is 6.10 Å². The molecule has 5 N–H and O–H groups in total. The Bertz CT molecular complexity index is 1220. The number of phenolic OH excluding ortho intramolecular Hbond substituents is 1. The maximum absolute atomic E-state index is 12.8. The summed E-state index contributed by atoms with van der Waals surface area (Å²) in [5, 5.41) is 16.0. The Morgan fingerprint density at radius 1 is 1.05 bits per heavy atom. The number of hydrogen-bond acceptors (Lipinski definition) is 6. The molecule has 0 aliphatic rings. The number of benzene rings is 3. The molecule has 2 atom stereocenters. The Hall–Kier alpha value is -3.82. The normalized spacial score (nSPS) is 12.6. The van der Waals surface area contributed by atoms with E-state index >= 15 is 0 Å². The molecular weight excluding hydrogens is 538 g/mol. The highest BCUT2D eigenvalue weighted by atomic mass is 79.9. The lowest BCUT2D eigenvalue weighted by atomic mass is 9.99. The molecule has 0 spiro atoms. The van der Waals surface area contributed by atoms with E-state index < -0.39 is 18.3 Å². The number of phenols is 1. The van der Waals surface area contributed by atoms with Gasteiger partial charge in [0.25, 0.3) is 0 Å². The molecule has 8 nitrogen and oxygen atoms in total. The van der Waals surface area contributed by atoms with Crippen LogP contribution in [0, 0.1) is 0 Å². The lowest BCUT2D eigenvalue weighted by Gasteiger charge is -2.28. The molecule has 0 bridgehead atoms. The highest BCUT2D eigenvalue weighted by molar-refractivity contribution is 9.10. The Morgan fingerprint density at radius 2 is 1.78 bits per heavy atom. The van der Waals surface area contributed by atoms with Crippen molar-refractivity contribution in [3.8, 4) is 5.75 Å². The SMILES string of the molecule is CCO[C@@H](CC/C=C/C(=O)Nc1ccccc1N)[C@@H](OC(=O)Nc1ccccc1)c1cc(Br)ccc1O. The number of ether oxygens (including phenoxy) is 2. The number of hydrogen-bond donors (Lipinski definition) is 4. The van der Waals surface area contributed by atoms with Crippen molar-refractivity contribution in [1.82, 2.24) is 0 Å². The fourth-order valence-corrected chi connectivity index (χ4v) is 4.03. The topological polar surface area (TPSA) is 123 Å². The zero-order valence-corrected chi connectivity index (χ0v) is 22.0. The first-order chi connectivity index (χ1) is 17.9. The monoisotopic (exact) mass is 567 g/mol. The zero-order valence-electron chi connectivity index (χ0n) is 20.4. The molecule has 0 saturated heterocycles. The van der Waals surface area contributed by atoms with E-state index in [4.69, 9.17) is 15.2 Å². The van der Waals surface area contributed by atoms with E-state index in [0.717, 1.165) is 0 Å². The molecule has 0 aliphatic carbocycles. The predicted molar refractivity (Wildman–Crippen MR) is 148 cm³/mol. The molecule has 2 amide bonds. The van der Waals surface area contributed by atoms with Crippen LogP contribution < -0.4 is 16.4 Å². The Balaban J connectivity index is 1.72. The molecule has 0 unspecified atom stereocenters. The quantitative estimate of drug-likeness (QED) is 0.157. The summed E-state index contributed by atoms with van der Waals surface area (Å²) < 4.78 is 12.4. The van der Waals surface area contributed by atoms with Crippen LogP contribution in [0.5, 0.6) is 5.75 Å². The average molecular weight is 568 g/mol. The van der Waals surface area contributed by atoms with Crippen LogP contribution in [0.1, 0.15) is 31.4 Å². The van der Waals surface area contributed by atoms with Gasteiger partial charge in [0.2, 0.25) is 5.91 Å². The first-order valence-electron chi connectivity index (χ1n) is 11.8. The lowest BCUT2D eigenvalue weighted by Crippen LogP contribution is -2.29. The predicted octanol–water partition coefficient (Wildman–Crippen LogP) is 6.41. The smallest absolute Gasteiger partial charge is 0.412 e. The van der Waals surface area contributed by atoms with Gasteiger partial charge < -0.3 is 25.6 Å². The summed E-state index contributed by atoms with van der Waals surface area (Å²) >= 11 is 3.41. The Morgan fingerprint density at radius 3 is 2.51 bits per heavy atom. The number of para-hydroxylation sites is 3. The van der Waals surface area contributed by atoms with Crippen LogP contribution in [0.2, 0.25) is 0 Å². The maximum atomic E-state index is 12.8. The second-order valence-corrected chi connectivity index (χ2v) is 8.99. The molecule has 0 heterocycles. The minimum absolute atomic E-state index is 0.0271. The van der Waals surface area contributed by atoms with Crippen molar-refractivity contribution >= 4 is 45.0 Å². The third-order valence-electron chi connectivity index (χ3n) is 5.37. The molecule has 0 aromatic heterocycles. The Kier molecular flexibility index (Phi) is 10.5. The second-order valence-electron chi connectivity index (χ2n) is 8.07. The maximum Gasteiger partial charge on any atom is 0.412 e. The number of halogens is 1. The summed E-state index contributed by atoms with van der Waals surface area (Å²) in [6, 6.07) is 20.8. The van der Waals surface area contributed by atoms with E-state index in [1.807, 2.05) is 13.0 Å². The number of carbonyl (C=O) groups is 2.